The number of para-hydroxylation sites is 2. The fourth-order valence-electron chi connectivity index (χ4n) is 9.41. The number of benzene rings is 9. The molecule has 0 N–H and O–H groups in total. The van der Waals surface area contributed by atoms with Crippen LogP contribution in [0.5, 0.6) is 0 Å². The first kappa shape index (κ1) is 37.7. The van der Waals surface area contributed by atoms with E-state index in [-0.39, 0.29) is 0 Å². The fourth-order valence-corrected chi connectivity index (χ4v) is 9.41. The number of rotatable bonds is 8. The van der Waals surface area contributed by atoms with Crippen LogP contribution in [0.25, 0.3) is 65.4 Å². The van der Waals surface area contributed by atoms with Crippen LogP contribution in [0.1, 0.15) is 61.8 Å². The number of aryl methyl sites for hydroxylation is 2. The number of fused-ring (bicyclic) bond motifs is 9. The van der Waals surface area contributed by atoms with Gasteiger partial charge in [0.25, 0.3) is 0 Å². The Morgan fingerprint density at radius 1 is 0.355 bits per heavy atom. The van der Waals surface area contributed by atoms with Crippen LogP contribution in [-0.4, -0.2) is 0 Å². The Morgan fingerprint density at radius 3 is 1.15 bits per heavy atom. The summed E-state index contributed by atoms with van der Waals surface area (Å²) < 4.78 is 13.6. The Kier molecular flexibility index (Phi) is 8.94. The van der Waals surface area contributed by atoms with Gasteiger partial charge in [0.2, 0.25) is 0 Å². The molecule has 0 aliphatic rings. The summed E-state index contributed by atoms with van der Waals surface area (Å²) in [7, 11) is 0. The maximum absolute atomic E-state index is 6.81. The van der Waals surface area contributed by atoms with Crippen LogP contribution in [0.15, 0.2) is 179 Å². The van der Waals surface area contributed by atoms with Gasteiger partial charge >= 0.3 is 0 Å². The van der Waals surface area contributed by atoms with E-state index in [0.717, 1.165) is 88.2 Å². The van der Waals surface area contributed by atoms with Crippen molar-refractivity contribution >= 4 is 99.5 Å². The summed E-state index contributed by atoms with van der Waals surface area (Å²) in [5.74, 6) is 0.737. The molecule has 0 unspecified atom stereocenters. The van der Waals surface area contributed by atoms with Crippen molar-refractivity contribution in [3.63, 3.8) is 0 Å². The van der Waals surface area contributed by atoms with Gasteiger partial charge in [-0.1, -0.05) is 112 Å². The molecule has 62 heavy (non-hydrogen) atoms. The van der Waals surface area contributed by atoms with Crippen molar-refractivity contribution < 1.29 is 8.83 Å². The summed E-state index contributed by atoms with van der Waals surface area (Å²) in [6.07, 6.45) is 0. The second-order valence-electron chi connectivity index (χ2n) is 17.6. The van der Waals surface area contributed by atoms with Crippen LogP contribution in [-0.2, 0) is 0 Å². The van der Waals surface area contributed by atoms with Gasteiger partial charge < -0.3 is 18.6 Å². The van der Waals surface area contributed by atoms with Crippen molar-refractivity contribution in [2.24, 2.45) is 0 Å². The van der Waals surface area contributed by atoms with Crippen molar-refractivity contribution in [3.8, 4) is 0 Å². The molecule has 0 radical (unpaired) electrons. The van der Waals surface area contributed by atoms with Crippen LogP contribution in [0.3, 0.4) is 0 Å². The molecule has 11 rings (SSSR count). The maximum atomic E-state index is 6.81. The topological polar surface area (TPSA) is 32.8 Å². The van der Waals surface area contributed by atoms with Crippen molar-refractivity contribution in [2.45, 2.75) is 53.4 Å². The molecule has 2 aromatic heterocycles. The Bertz CT molecular complexity index is 3260. The minimum Gasteiger partial charge on any atom is -0.452 e. The first-order valence-electron chi connectivity index (χ1n) is 21.8. The molecule has 0 atom stereocenters. The highest BCUT2D eigenvalue weighted by Gasteiger charge is 2.22. The lowest BCUT2D eigenvalue weighted by molar-refractivity contribution is 0.634. The van der Waals surface area contributed by atoms with Crippen molar-refractivity contribution in [2.75, 3.05) is 9.80 Å². The molecule has 11 aromatic rings. The minimum absolute atomic E-state index is 0.368. The van der Waals surface area contributed by atoms with Gasteiger partial charge in [-0.25, -0.2) is 0 Å². The quantitative estimate of drug-likeness (QED) is 0.153. The maximum Gasteiger partial charge on any atom is 0.178 e. The summed E-state index contributed by atoms with van der Waals surface area (Å²) in [5, 5.41) is 8.81. The molecule has 0 saturated heterocycles. The third-order valence-electron chi connectivity index (χ3n) is 12.7. The number of nitrogens with zero attached hydrogens (tertiary/aromatic N) is 2. The lowest BCUT2D eigenvalue weighted by Gasteiger charge is -2.29. The highest BCUT2D eigenvalue weighted by atomic mass is 16.4. The summed E-state index contributed by atoms with van der Waals surface area (Å²) in [6.45, 7) is 13.3. The van der Waals surface area contributed by atoms with E-state index in [9.17, 15) is 0 Å². The molecule has 2 heterocycles. The highest BCUT2D eigenvalue weighted by Crippen LogP contribution is 2.45. The van der Waals surface area contributed by atoms with Crippen LogP contribution in [0.2, 0.25) is 0 Å². The Hall–Kier alpha value is -7.30. The molecule has 0 amide bonds. The lowest BCUT2D eigenvalue weighted by Crippen LogP contribution is -2.12. The van der Waals surface area contributed by atoms with Gasteiger partial charge in [0.1, 0.15) is 11.2 Å². The lowest BCUT2D eigenvalue weighted by atomic mass is 9.98. The van der Waals surface area contributed by atoms with Gasteiger partial charge in [0, 0.05) is 55.7 Å². The SMILES string of the molecule is Cc1ccc(N(c2ccc3cc4c(cc3c2)oc2c4ccc3c4cc5ccc(N(c6ccc(C)cc6)c6ccccc6C(C)C)cc5cc4oc32)c2ccccc2C(C)C)cc1. The second-order valence-corrected chi connectivity index (χ2v) is 17.6. The van der Waals surface area contributed by atoms with Gasteiger partial charge in [0.15, 0.2) is 11.2 Å². The molecule has 9 aromatic carbocycles. The second kappa shape index (κ2) is 14.7. The summed E-state index contributed by atoms with van der Waals surface area (Å²) >= 11 is 0. The predicted octanol–water partition coefficient (Wildman–Crippen LogP) is 17.6. The van der Waals surface area contributed by atoms with E-state index >= 15 is 0 Å². The first-order valence-corrected chi connectivity index (χ1v) is 21.8. The largest absolute Gasteiger partial charge is 0.452 e. The van der Waals surface area contributed by atoms with E-state index in [2.05, 4.69) is 221 Å². The molecule has 0 aliphatic heterocycles. The van der Waals surface area contributed by atoms with Crippen molar-refractivity contribution in [1.82, 2.24) is 0 Å². The van der Waals surface area contributed by atoms with E-state index in [1.165, 1.54) is 33.6 Å². The zero-order chi connectivity index (χ0) is 42.2. The van der Waals surface area contributed by atoms with Gasteiger partial charge in [-0.2, -0.15) is 0 Å². The van der Waals surface area contributed by atoms with Gasteiger partial charge in [-0.15, -0.1) is 0 Å². The van der Waals surface area contributed by atoms with Crippen molar-refractivity contribution in [3.05, 3.63) is 192 Å². The zero-order valence-electron chi connectivity index (χ0n) is 36.0. The van der Waals surface area contributed by atoms with Crippen molar-refractivity contribution in [1.29, 1.82) is 0 Å². The average molecular weight is 805 g/mol. The van der Waals surface area contributed by atoms with E-state index < -0.39 is 0 Å². The molecule has 0 fully saturated rings. The zero-order valence-corrected chi connectivity index (χ0v) is 36.0. The molecule has 302 valence electrons. The fraction of sp³-hybridized carbons (Fsp3) is 0.138. The standard InChI is InChI=1S/C58H48N2O2/c1-35(2)47-11-7-9-13-53(47)59(43-21-15-37(5)16-22-43)45-25-19-39-31-51-49-27-28-50-52-32-40-20-26-46(30-42(40)34-56(52)62-58(50)57(49)61-55(51)33-41(39)29-45)60(44-23-17-38(6)18-24-44)54-14-10-8-12-48(54)36(3)4/h7-36H,1-6H3. The predicted molar refractivity (Wildman–Crippen MR) is 263 cm³/mol. The number of furan rings is 2. The number of hydrogen-bond acceptors (Lipinski definition) is 4. The van der Waals surface area contributed by atoms with Crippen LogP contribution >= 0.6 is 0 Å². The first-order chi connectivity index (χ1) is 30.2. The summed E-state index contributed by atoms with van der Waals surface area (Å²) in [5.41, 5.74) is 15.2. The van der Waals surface area contributed by atoms with Crippen LogP contribution in [0, 0.1) is 13.8 Å². The third kappa shape index (κ3) is 6.29. The molecule has 4 nitrogen and oxygen atoms in total. The summed E-state index contributed by atoms with van der Waals surface area (Å²) in [6, 6.07) is 61.9. The Balaban J connectivity index is 1.03. The monoisotopic (exact) mass is 804 g/mol. The molecule has 0 saturated carbocycles. The van der Waals surface area contributed by atoms with E-state index in [4.69, 9.17) is 8.83 Å². The third-order valence-corrected chi connectivity index (χ3v) is 12.7. The summed E-state index contributed by atoms with van der Waals surface area (Å²) in [4.78, 5) is 4.76. The van der Waals surface area contributed by atoms with Gasteiger partial charge in [-0.05, 0) is 155 Å². The van der Waals surface area contributed by atoms with Crippen LogP contribution < -0.4 is 9.80 Å². The Morgan fingerprint density at radius 2 is 0.742 bits per heavy atom. The van der Waals surface area contributed by atoms with E-state index in [1.807, 2.05) is 0 Å². The Labute approximate surface area is 362 Å². The highest BCUT2D eigenvalue weighted by molar-refractivity contribution is 6.21. The van der Waals surface area contributed by atoms with E-state index in [1.54, 1.807) is 0 Å². The molecular formula is C58H48N2O2. The normalized spacial score (nSPS) is 12.0. The smallest absolute Gasteiger partial charge is 0.178 e. The molecule has 4 heteroatoms. The molecule has 0 spiro atoms. The van der Waals surface area contributed by atoms with Crippen LogP contribution in [0.4, 0.5) is 34.1 Å². The molecule has 0 aliphatic carbocycles. The van der Waals surface area contributed by atoms with E-state index in [0.29, 0.717) is 11.8 Å². The van der Waals surface area contributed by atoms with Gasteiger partial charge in [-0.3, -0.25) is 0 Å². The molecule has 0 bridgehead atoms. The number of hydrogen-bond donors (Lipinski definition) is 0. The molecular weight excluding hydrogens is 757 g/mol. The average Bonchev–Trinajstić information content (AvgIpc) is 3.83. The number of anilines is 6. The minimum atomic E-state index is 0.368. The van der Waals surface area contributed by atoms with Gasteiger partial charge in [0.05, 0.1) is 0 Å².